The molecular weight excluding hydrogens is 566 g/mol. The number of carbonyl (C=O) groups is 1. The highest BCUT2D eigenvalue weighted by atomic mass is 19.1. The number of aromatic nitrogens is 1. The van der Waals surface area contributed by atoms with E-state index in [0.717, 1.165) is 11.6 Å². The fraction of sp³-hybridized carbons (Fsp3) is 0.353. The van der Waals surface area contributed by atoms with Gasteiger partial charge in [-0.2, -0.15) is 0 Å². The highest BCUT2D eigenvalue weighted by Gasteiger charge is 2.34. The molecule has 8 nitrogen and oxygen atoms in total. The van der Waals surface area contributed by atoms with Crippen molar-refractivity contribution in [1.82, 2.24) is 14.8 Å². The number of pyridine rings is 1. The normalized spacial score (nSPS) is 15.2. The average molecular weight is 603 g/mol. The van der Waals surface area contributed by atoms with E-state index in [1.165, 1.54) is 24.3 Å². The van der Waals surface area contributed by atoms with Crippen LogP contribution in [-0.4, -0.2) is 63.7 Å². The van der Waals surface area contributed by atoms with Gasteiger partial charge in [0.2, 0.25) is 0 Å². The maximum Gasteiger partial charge on any atom is 0.410 e. The van der Waals surface area contributed by atoms with Crippen LogP contribution in [0.4, 0.5) is 25.0 Å². The number of amides is 1. The van der Waals surface area contributed by atoms with Crippen molar-refractivity contribution in [3.8, 4) is 16.9 Å². The Hall–Kier alpha value is -4.69. The molecule has 44 heavy (non-hydrogen) atoms. The zero-order valence-electron chi connectivity index (χ0n) is 25.7. The number of phenols is 1. The topological polar surface area (TPSA) is 86.2 Å². The molecule has 1 amide bonds. The summed E-state index contributed by atoms with van der Waals surface area (Å²) in [5, 5.41) is 10.6. The first-order valence-corrected chi connectivity index (χ1v) is 14.6. The van der Waals surface area contributed by atoms with Crippen LogP contribution < -0.4 is 4.90 Å². The summed E-state index contributed by atoms with van der Waals surface area (Å²) in [6, 6.07) is 8.38. The number of carbonyl (C=O) groups excluding carboxylic acids is 2. The zero-order chi connectivity index (χ0) is 31.9. The first-order valence-electron chi connectivity index (χ1n) is 14.6. The summed E-state index contributed by atoms with van der Waals surface area (Å²) in [4.78, 5) is 35.2. The van der Waals surface area contributed by atoms with Crippen LogP contribution in [0.25, 0.3) is 16.8 Å². The molecule has 2 aromatic carbocycles. The predicted molar refractivity (Wildman–Crippen MR) is 165 cm³/mol. The number of halogens is 2. The average Bonchev–Trinajstić information content (AvgIpc) is 2.96. The maximum absolute atomic E-state index is 16.0. The van der Waals surface area contributed by atoms with Gasteiger partial charge in [-0.3, -0.25) is 9.88 Å². The second-order valence-corrected chi connectivity index (χ2v) is 12.3. The highest BCUT2D eigenvalue weighted by molar-refractivity contribution is 5.95. The van der Waals surface area contributed by atoms with E-state index in [-0.39, 0.29) is 22.7 Å². The lowest BCUT2D eigenvalue weighted by atomic mass is 9.93. The fourth-order valence-corrected chi connectivity index (χ4v) is 5.64. The third-order valence-electron chi connectivity index (χ3n) is 7.68. The summed E-state index contributed by atoms with van der Waals surface area (Å²) >= 11 is 0. The number of aromatic hydroxyl groups is 1. The molecule has 0 bridgehead atoms. The van der Waals surface area contributed by atoms with Crippen LogP contribution in [0.5, 0.6) is 5.75 Å². The minimum absolute atomic E-state index is 0.0249. The number of rotatable bonds is 4. The number of phenolic OH excluding ortho intramolecular Hbond substituents is 1. The monoisotopic (exact) mass is 602 g/mol. The number of hydrogen-bond acceptors (Lipinski definition) is 7. The third kappa shape index (κ3) is 5.77. The van der Waals surface area contributed by atoms with Crippen LogP contribution in [0.1, 0.15) is 57.4 Å². The van der Waals surface area contributed by atoms with Crippen LogP contribution in [0.3, 0.4) is 0 Å². The molecule has 0 atom stereocenters. The number of piperazine rings is 1. The smallest absolute Gasteiger partial charge is 0.410 e. The Balaban J connectivity index is 1.66. The van der Waals surface area contributed by atoms with Gasteiger partial charge >= 0.3 is 6.09 Å². The number of aryl methyl sites for hydroxylation is 1. The number of hydrogen-bond donors (Lipinski definition) is 1. The van der Waals surface area contributed by atoms with Crippen molar-refractivity contribution in [3.05, 3.63) is 82.8 Å². The standard InChI is InChI=1S/C34H36F2N4O4/c1-20(2)31-32(21(3)10-11-37-31)40-22(19-41)16-27(38-12-14-39(15-13-38)33(43)44-34(4,5)6)24-17-26(36)23(18-28(24)40)30-25(35)8-7-9-29(30)42/h7-11,16-18,20,42H,12-15H2,1-6H3. The molecule has 0 unspecified atom stereocenters. The van der Waals surface area contributed by atoms with E-state index in [0.29, 0.717) is 54.5 Å². The molecule has 3 aromatic rings. The highest BCUT2D eigenvalue weighted by Crippen LogP contribution is 2.47. The van der Waals surface area contributed by atoms with Crippen molar-refractivity contribution in [2.45, 2.75) is 53.1 Å². The number of fused-ring (bicyclic) bond motifs is 1. The zero-order valence-corrected chi connectivity index (χ0v) is 25.7. The lowest BCUT2D eigenvalue weighted by Crippen LogP contribution is -2.49. The van der Waals surface area contributed by atoms with Gasteiger partial charge in [-0.05, 0) is 75.6 Å². The van der Waals surface area contributed by atoms with Gasteiger partial charge in [0.25, 0.3) is 0 Å². The van der Waals surface area contributed by atoms with Gasteiger partial charge in [0.1, 0.15) is 28.7 Å². The Labute approximate surface area is 255 Å². The summed E-state index contributed by atoms with van der Waals surface area (Å²) in [5.74, 6) is 0.102. The van der Waals surface area contributed by atoms with Crippen LogP contribution >= 0.6 is 0 Å². The van der Waals surface area contributed by atoms with E-state index in [4.69, 9.17) is 4.74 Å². The lowest BCUT2D eigenvalue weighted by molar-refractivity contribution is 0.0182. The Kier molecular flexibility index (Phi) is 8.23. The lowest BCUT2D eigenvalue weighted by Gasteiger charge is -2.41. The number of allylic oxidation sites excluding steroid dienone is 1. The van der Waals surface area contributed by atoms with E-state index in [2.05, 4.69) is 10.9 Å². The summed E-state index contributed by atoms with van der Waals surface area (Å²) in [6.45, 7) is 12.8. The molecule has 1 aromatic heterocycles. The van der Waals surface area contributed by atoms with Crippen molar-refractivity contribution in [3.63, 3.8) is 0 Å². The van der Waals surface area contributed by atoms with Crippen LogP contribution in [-0.2, 0) is 9.53 Å². The summed E-state index contributed by atoms with van der Waals surface area (Å²) in [7, 11) is 0. The van der Waals surface area contributed by atoms with Crippen molar-refractivity contribution in [2.24, 2.45) is 0 Å². The van der Waals surface area contributed by atoms with E-state index in [1.54, 1.807) is 22.1 Å². The molecule has 0 aliphatic carbocycles. The van der Waals surface area contributed by atoms with E-state index in [9.17, 15) is 14.7 Å². The Bertz CT molecular complexity index is 1680. The largest absolute Gasteiger partial charge is 0.507 e. The molecule has 1 saturated heterocycles. The van der Waals surface area contributed by atoms with Gasteiger partial charge in [-0.1, -0.05) is 19.9 Å². The van der Waals surface area contributed by atoms with Crippen LogP contribution in [0.15, 0.2) is 54.4 Å². The van der Waals surface area contributed by atoms with Gasteiger partial charge in [0, 0.05) is 49.2 Å². The SMILES string of the molecule is Cc1ccnc(C(C)C)c1N1C(=C=O)C=C(N2CCN(C(=O)OC(C)(C)C)CC2)c2cc(F)c(-c3c(O)cccc3F)cc21. The van der Waals surface area contributed by atoms with Crippen molar-refractivity contribution in [2.75, 3.05) is 31.1 Å². The van der Waals surface area contributed by atoms with Gasteiger partial charge < -0.3 is 19.6 Å². The van der Waals surface area contributed by atoms with E-state index < -0.39 is 29.1 Å². The Morgan fingerprint density at radius 1 is 1.05 bits per heavy atom. The second-order valence-electron chi connectivity index (χ2n) is 12.3. The summed E-state index contributed by atoms with van der Waals surface area (Å²) < 4.78 is 36.5. The first kappa shape index (κ1) is 30.8. The molecule has 2 aliphatic rings. The first-order chi connectivity index (χ1) is 20.8. The fourth-order valence-electron chi connectivity index (χ4n) is 5.64. The molecule has 5 rings (SSSR count). The summed E-state index contributed by atoms with van der Waals surface area (Å²) in [6.07, 6.45) is 2.94. The van der Waals surface area contributed by atoms with E-state index >= 15 is 8.78 Å². The second kappa shape index (κ2) is 11.8. The van der Waals surface area contributed by atoms with Crippen molar-refractivity contribution >= 4 is 29.1 Å². The van der Waals surface area contributed by atoms with Gasteiger partial charge in [0.05, 0.1) is 22.6 Å². The van der Waals surface area contributed by atoms with Crippen molar-refractivity contribution < 1.29 is 28.2 Å². The quantitative estimate of drug-likeness (QED) is 0.324. The molecule has 230 valence electrons. The summed E-state index contributed by atoms with van der Waals surface area (Å²) in [5.41, 5.74) is 2.71. The molecule has 0 spiro atoms. The minimum atomic E-state index is -0.785. The Morgan fingerprint density at radius 3 is 2.36 bits per heavy atom. The number of nitrogens with zero attached hydrogens (tertiary/aromatic N) is 4. The number of ether oxygens (including phenoxy) is 1. The van der Waals surface area contributed by atoms with Crippen LogP contribution in [0.2, 0.25) is 0 Å². The molecule has 2 aliphatic heterocycles. The molecule has 1 N–H and O–H groups in total. The van der Waals surface area contributed by atoms with Gasteiger partial charge in [-0.25, -0.2) is 18.4 Å². The molecular formula is C34H36F2N4O4. The molecule has 0 saturated carbocycles. The minimum Gasteiger partial charge on any atom is -0.507 e. The third-order valence-corrected chi connectivity index (χ3v) is 7.68. The van der Waals surface area contributed by atoms with Crippen molar-refractivity contribution in [1.29, 1.82) is 0 Å². The number of anilines is 2. The number of benzene rings is 2. The van der Waals surface area contributed by atoms with Crippen LogP contribution in [0, 0.1) is 18.6 Å². The van der Waals surface area contributed by atoms with Gasteiger partial charge in [-0.15, -0.1) is 0 Å². The van der Waals surface area contributed by atoms with Gasteiger partial charge in [0.15, 0.2) is 5.94 Å². The van der Waals surface area contributed by atoms with E-state index in [1.807, 2.05) is 52.5 Å². The molecule has 10 heteroatoms. The Morgan fingerprint density at radius 2 is 1.75 bits per heavy atom. The maximum atomic E-state index is 16.0. The molecule has 0 radical (unpaired) electrons. The molecule has 3 heterocycles. The molecule has 1 fully saturated rings. The predicted octanol–water partition coefficient (Wildman–Crippen LogP) is 6.93.